The predicted octanol–water partition coefficient (Wildman–Crippen LogP) is 3.45. The Morgan fingerprint density at radius 3 is 2.72 bits per heavy atom. The highest BCUT2D eigenvalue weighted by Crippen LogP contribution is 2.46. The van der Waals surface area contributed by atoms with Gasteiger partial charge in [0.15, 0.2) is 5.78 Å². The molecule has 3 aromatic rings. The number of benzene rings is 1. The molecule has 1 amide bonds. The molecule has 2 aromatic heterocycles. The Morgan fingerprint density at radius 2 is 2.00 bits per heavy atom. The largest absolute Gasteiger partial charge is 0.377 e. The molecule has 2 atom stereocenters. The number of halogens is 1. The fourth-order valence-electron chi connectivity index (χ4n) is 7.09. The molecule has 6 rings (SSSR count). The van der Waals surface area contributed by atoms with Crippen LogP contribution in [-0.2, 0) is 39.3 Å². The van der Waals surface area contributed by atoms with Crippen molar-refractivity contribution in [3.05, 3.63) is 61.7 Å². The van der Waals surface area contributed by atoms with Gasteiger partial charge in [-0.2, -0.15) is 0 Å². The lowest BCUT2D eigenvalue weighted by Crippen LogP contribution is -2.43. The molecule has 9 nitrogen and oxygen atoms in total. The van der Waals surface area contributed by atoms with Gasteiger partial charge >= 0.3 is 0 Å². The molecule has 2 aliphatic carbocycles. The summed E-state index contributed by atoms with van der Waals surface area (Å²) in [5, 5.41) is 15.4. The first kappa shape index (κ1) is 29.6. The molecule has 0 unspecified atom stereocenters. The lowest BCUT2D eigenvalue weighted by molar-refractivity contribution is -0.140. The van der Waals surface area contributed by atoms with Crippen LogP contribution in [0.15, 0.2) is 16.9 Å². The third-order valence-corrected chi connectivity index (χ3v) is 9.43. The van der Waals surface area contributed by atoms with E-state index in [9.17, 15) is 19.5 Å². The van der Waals surface area contributed by atoms with E-state index in [2.05, 4.69) is 5.32 Å². The average Bonchev–Trinajstić information content (AvgIpc) is 3.32. The molecule has 10 heteroatoms. The number of nitrogens with one attached hydrogen (secondary N) is 1. The van der Waals surface area contributed by atoms with Crippen LogP contribution in [0.1, 0.15) is 79.5 Å². The smallest absolute Gasteiger partial charge is 0.254 e. The molecule has 0 saturated carbocycles. The topological polar surface area (TPSA) is 114 Å². The molecule has 0 fully saturated rings. The number of carbonyl (C=O) groups is 2. The summed E-state index contributed by atoms with van der Waals surface area (Å²) in [7, 11) is 1.88. The Bertz CT molecular complexity index is 1730. The first-order chi connectivity index (χ1) is 20.4. The fourth-order valence-corrected chi connectivity index (χ4v) is 7.09. The van der Waals surface area contributed by atoms with Crippen LogP contribution < -0.4 is 10.9 Å². The van der Waals surface area contributed by atoms with E-state index in [1.54, 1.807) is 24.5 Å². The first-order valence-electron chi connectivity index (χ1n) is 15.2. The summed E-state index contributed by atoms with van der Waals surface area (Å²) >= 11 is 0. The van der Waals surface area contributed by atoms with E-state index in [1.807, 2.05) is 25.8 Å². The number of aryl methyl sites for hydroxylation is 1. The molecule has 0 radical (unpaired) electrons. The zero-order valence-electron chi connectivity index (χ0n) is 25.5. The van der Waals surface area contributed by atoms with Gasteiger partial charge in [0.1, 0.15) is 11.4 Å². The monoisotopic (exact) mass is 590 g/mol. The van der Waals surface area contributed by atoms with Crippen molar-refractivity contribution in [1.82, 2.24) is 19.8 Å². The van der Waals surface area contributed by atoms with Crippen LogP contribution >= 0.6 is 0 Å². The molecule has 0 spiro atoms. The van der Waals surface area contributed by atoms with E-state index in [0.717, 1.165) is 22.1 Å². The first-order valence-corrected chi connectivity index (χ1v) is 15.2. The maximum absolute atomic E-state index is 15.1. The van der Waals surface area contributed by atoms with Crippen LogP contribution in [0.4, 0.5) is 4.39 Å². The van der Waals surface area contributed by atoms with Crippen molar-refractivity contribution in [3.63, 3.8) is 0 Å². The van der Waals surface area contributed by atoms with E-state index in [1.165, 1.54) is 6.07 Å². The Balaban J connectivity index is 1.45. The molecule has 228 valence electrons. The minimum atomic E-state index is -1.73. The van der Waals surface area contributed by atoms with Gasteiger partial charge in [-0.15, -0.1) is 0 Å². The number of aliphatic hydroxyl groups is 1. The van der Waals surface area contributed by atoms with Gasteiger partial charge in [-0.3, -0.25) is 19.3 Å². The van der Waals surface area contributed by atoms with Crippen LogP contribution in [0.25, 0.3) is 22.3 Å². The highest BCUT2D eigenvalue weighted by atomic mass is 19.1. The Kier molecular flexibility index (Phi) is 7.51. The number of fused-ring (bicyclic) bond motifs is 5. The van der Waals surface area contributed by atoms with E-state index in [4.69, 9.17) is 9.72 Å². The summed E-state index contributed by atoms with van der Waals surface area (Å²) in [6.07, 6.45) is 1.83. The van der Waals surface area contributed by atoms with Gasteiger partial charge in [-0.25, -0.2) is 9.37 Å². The fraction of sp³-hybridized carbons (Fsp3) is 0.515. The molecule has 1 aromatic carbocycles. The van der Waals surface area contributed by atoms with Crippen LogP contribution in [0, 0.1) is 12.7 Å². The van der Waals surface area contributed by atoms with Crippen LogP contribution in [-0.4, -0.2) is 64.1 Å². The lowest BCUT2D eigenvalue weighted by atomic mass is 9.77. The van der Waals surface area contributed by atoms with Crippen LogP contribution in [0.5, 0.6) is 0 Å². The quantitative estimate of drug-likeness (QED) is 0.323. The number of ketones is 1. The summed E-state index contributed by atoms with van der Waals surface area (Å²) < 4.78 is 22.4. The van der Waals surface area contributed by atoms with Gasteiger partial charge in [0.05, 0.1) is 48.7 Å². The van der Waals surface area contributed by atoms with Crippen molar-refractivity contribution < 1.29 is 23.8 Å². The summed E-state index contributed by atoms with van der Waals surface area (Å²) in [6, 6.07) is 2.80. The van der Waals surface area contributed by atoms with E-state index < -0.39 is 5.60 Å². The van der Waals surface area contributed by atoms with Crippen molar-refractivity contribution >= 4 is 22.6 Å². The number of likely N-dealkylation sites (N-methyl/N-ethyl adjacent to an activating group) is 1. The van der Waals surface area contributed by atoms with Crippen LogP contribution in [0.3, 0.4) is 0 Å². The second kappa shape index (κ2) is 10.9. The second-order valence-corrected chi connectivity index (χ2v) is 12.5. The second-order valence-electron chi connectivity index (χ2n) is 12.5. The van der Waals surface area contributed by atoms with Gasteiger partial charge in [0.2, 0.25) is 5.91 Å². The number of nitrogens with zero attached hydrogens (tertiary/aromatic N) is 3. The predicted molar refractivity (Wildman–Crippen MR) is 161 cm³/mol. The van der Waals surface area contributed by atoms with Gasteiger partial charge in [0.25, 0.3) is 5.56 Å². The molecule has 43 heavy (non-hydrogen) atoms. The molecule has 3 aliphatic rings. The highest BCUT2D eigenvalue weighted by molar-refractivity contribution is 5.94. The zero-order chi connectivity index (χ0) is 30.8. The van der Waals surface area contributed by atoms with Crippen molar-refractivity contribution in [2.45, 2.75) is 84.1 Å². The summed E-state index contributed by atoms with van der Waals surface area (Å²) in [6.45, 7) is 9.03. The van der Waals surface area contributed by atoms with Gasteiger partial charge in [-0.1, -0.05) is 6.92 Å². The maximum Gasteiger partial charge on any atom is 0.254 e. The van der Waals surface area contributed by atoms with Crippen molar-refractivity contribution in [1.29, 1.82) is 0 Å². The number of Topliss-reactive ketones (excluding diaryl/α,β-unsaturated/α-hetero) is 1. The van der Waals surface area contributed by atoms with Gasteiger partial charge < -0.3 is 19.7 Å². The van der Waals surface area contributed by atoms with Crippen molar-refractivity contribution in [3.8, 4) is 11.4 Å². The van der Waals surface area contributed by atoms with Crippen molar-refractivity contribution in [2.24, 2.45) is 0 Å². The molecule has 3 heterocycles. The number of hydrogen-bond donors (Lipinski definition) is 2. The molecule has 1 aliphatic heterocycles. The third-order valence-electron chi connectivity index (χ3n) is 9.43. The summed E-state index contributed by atoms with van der Waals surface area (Å²) in [4.78, 5) is 46.7. The minimum Gasteiger partial charge on any atom is -0.377 e. The zero-order valence-corrected chi connectivity index (χ0v) is 25.5. The number of rotatable bonds is 8. The van der Waals surface area contributed by atoms with Crippen molar-refractivity contribution in [2.75, 3.05) is 26.7 Å². The number of pyridine rings is 2. The van der Waals surface area contributed by atoms with E-state index in [-0.39, 0.29) is 67.6 Å². The maximum atomic E-state index is 15.1. The van der Waals surface area contributed by atoms with E-state index in [0.29, 0.717) is 59.6 Å². The van der Waals surface area contributed by atoms with E-state index >= 15 is 4.39 Å². The van der Waals surface area contributed by atoms with Gasteiger partial charge in [-0.05, 0) is 76.3 Å². The molecule has 0 bridgehead atoms. The molecular formula is C33H39FN4O5. The minimum absolute atomic E-state index is 0.111. The Labute approximate surface area is 250 Å². The summed E-state index contributed by atoms with van der Waals surface area (Å²) in [5.74, 6) is -0.773. The number of ether oxygens (including phenoxy) is 1. The molecule has 2 N–H and O–H groups in total. The normalized spacial score (nSPS) is 20.5. The standard InChI is InChI=1S/C33H39FN4O5/c1-6-33(42)22-13-26-31-21(15-38(26)32(41)20(22)8-10-27(33)39)30-24(35-28(40)16-37(5)11-12-43-17(2)3)9-7-19-18(4)23(34)14-25(36-31)29(19)30/h13-14,17,24,42H,6-12,15-16H2,1-5H3,(H,35,40)/t24-,33-/m0/s1. The van der Waals surface area contributed by atoms with Crippen LogP contribution in [0.2, 0.25) is 0 Å². The average molecular weight is 591 g/mol. The van der Waals surface area contributed by atoms with Gasteiger partial charge in [0, 0.05) is 41.1 Å². The SMILES string of the molecule is CC[C@@]1(O)C(=O)CCc2c1cc1n(c2=O)Cc2c-1nc1cc(F)c(C)c3c1c2[C@@H](NC(=O)CN(C)CCOC(C)C)CC3. The Morgan fingerprint density at radius 1 is 1.23 bits per heavy atom. The number of carbonyl (C=O) groups excluding carboxylic acids is 2. The molecule has 0 saturated heterocycles. The Hall–Kier alpha value is -3.47. The third kappa shape index (κ3) is 4.80. The lowest BCUT2D eigenvalue weighted by Gasteiger charge is -2.32. The number of hydrogen-bond acceptors (Lipinski definition) is 7. The summed E-state index contributed by atoms with van der Waals surface area (Å²) in [5.41, 5.74) is 3.45. The molecular weight excluding hydrogens is 551 g/mol. The number of amides is 1. The highest BCUT2D eigenvalue weighted by Gasteiger charge is 2.44. The number of aromatic nitrogens is 2.